The summed E-state index contributed by atoms with van der Waals surface area (Å²) in [5.41, 5.74) is 1.28. The lowest BCUT2D eigenvalue weighted by Crippen LogP contribution is -2.18. The molecule has 1 saturated heterocycles. The molecule has 3 nitrogen and oxygen atoms in total. The second kappa shape index (κ2) is 4.26. The Balaban J connectivity index is 1.83. The second-order valence-electron chi connectivity index (χ2n) is 4.28. The fourth-order valence-corrected chi connectivity index (χ4v) is 2.71. The number of nitrogens with zero attached hydrogens (tertiary/aromatic N) is 1. The van der Waals surface area contributed by atoms with E-state index in [1.165, 1.54) is 31.5 Å². The maximum absolute atomic E-state index is 5.40. The third kappa shape index (κ3) is 1.92. The molecule has 0 bridgehead atoms. The third-order valence-corrected chi connectivity index (χ3v) is 3.87. The highest BCUT2D eigenvalue weighted by atomic mass is 79.9. The first-order valence-electron chi connectivity index (χ1n) is 5.63. The van der Waals surface area contributed by atoms with Gasteiger partial charge in [-0.3, -0.25) is 4.90 Å². The van der Waals surface area contributed by atoms with Crippen molar-refractivity contribution >= 4 is 15.9 Å². The monoisotopic (exact) mass is 283 g/mol. The molecule has 1 aromatic carbocycles. The van der Waals surface area contributed by atoms with Crippen LogP contribution < -0.4 is 9.47 Å². The molecule has 2 heterocycles. The summed E-state index contributed by atoms with van der Waals surface area (Å²) in [7, 11) is 0. The molecule has 0 aliphatic carbocycles. The minimum atomic E-state index is 0.342. The van der Waals surface area contributed by atoms with Crippen molar-refractivity contribution in [3.05, 3.63) is 22.2 Å². The highest BCUT2D eigenvalue weighted by molar-refractivity contribution is 9.10. The van der Waals surface area contributed by atoms with Crippen molar-refractivity contribution < 1.29 is 9.47 Å². The van der Waals surface area contributed by atoms with Crippen LogP contribution in [0.15, 0.2) is 16.6 Å². The minimum absolute atomic E-state index is 0.342. The summed E-state index contributed by atoms with van der Waals surface area (Å²) in [4.78, 5) is 2.47. The van der Waals surface area contributed by atoms with Crippen LogP contribution in [0.1, 0.15) is 18.4 Å². The molecule has 0 radical (unpaired) electrons. The SMILES string of the molecule is Brc1cc2c(cc1CN1CCCC1)OCO2. The molecule has 0 saturated carbocycles. The largest absolute Gasteiger partial charge is 0.454 e. The van der Waals surface area contributed by atoms with Crippen LogP contribution in [0.25, 0.3) is 0 Å². The van der Waals surface area contributed by atoms with Crippen LogP contribution in [-0.2, 0) is 6.54 Å². The van der Waals surface area contributed by atoms with Gasteiger partial charge in [0.2, 0.25) is 6.79 Å². The van der Waals surface area contributed by atoms with Crippen LogP contribution in [0.4, 0.5) is 0 Å². The summed E-state index contributed by atoms with van der Waals surface area (Å²) < 4.78 is 11.8. The molecule has 0 unspecified atom stereocenters. The summed E-state index contributed by atoms with van der Waals surface area (Å²) >= 11 is 3.59. The van der Waals surface area contributed by atoms with Gasteiger partial charge < -0.3 is 9.47 Å². The van der Waals surface area contributed by atoms with E-state index in [9.17, 15) is 0 Å². The molecule has 0 atom stereocenters. The highest BCUT2D eigenvalue weighted by Gasteiger charge is 2.18. The molecule has 0 amide bonds. The maximum Gasteiger partial charge on any atom is 0.231 e. The summed E-state index contributed by atoms with van der Waals surface area (Å²) in [5, 5.41) is 0. The summed E-state index contributed by atoms with van der Waals surface area (Å²) in [5.74, 6) is 1.72. The number of halogens is 1. The lowest BCUT2D eigenvalue weighted by Gasteiger charge is -2.16. The van der Waals surface area contributed by atoms with E-state index in [2.05, 4.69) is 26.9 Å². The number of benzene rings is 1. The zero-order chi connectivity index (χ0) is 11.0. The predicted molar refractivity (Wildman–Crippen MR) is 64.8 cm³/mol. The standard InChI is InChI=1S/C12H14BrNO2/c13-10-6-12-11(15-8-16-12)5-9(10)7-14-3-1-2-4-14/h5-6H,1-4,7-8H2. The van der Waals surface area contributed by atoms with Gasteiger partial charge in [0.1, 0.15) is 0 Å². The van der Waals surface area contributed by atoms with Gasteiger partial charge in [-0.05, 0) is 43.6 Å². The average molecular weight is 284 g/mol. The van der Waals surface area contributed by atoms with E-state index < -0.39 is 0 Å². The van der Waals surface area contributed by atoms with Crippen LogP contribution in [0.5, 0.6) is 11.5 Å². The fraction of sp³-hybridized carbons (Fsp3) is 0.500. The zero-order valence-corrected chi connectivity index (χ0v) is 10.6. The van der Waals surface area contributed by atoms with Crippen molar-refractivity contribution in [1.82, 2.24) is 4.90 Å². The van der Waals surface area contributed by atoms with Crippen molar-refractivity contribution in [2.75, 3.05) is 19.9 Å². The molecule has 4 heteroatoms. The molecule has 1 aromatic rings. The Kier molecular flexibility index (Phi) is 2.77. The van der Waals surface area contributed by atoms with Crippen LogP contribution >= 0.6 is 15.9 Å². The molecule has 86 valence electrons. The Morgan fingerprint density at radius 1 is 1.12 bits per heavy atom. The maximum atomic E-state index is 5.40. The van der Waals surface area contributed by atoms with Crippen molar-refractivity contribution in [2.24, 2.45) is 0 Å². The molecular formula is C12H14BrNO2. The Labute approximate surface area is 103 Å². The van der Waals surface area contributed by atoms with E-state index >= 15 is 0 Å². The first-order chi connectivity index (χ1) is 7.83. The Bertz CT molecular complexity index is 402. The molecule has 2 aliphatic heterocycles. The van der Waals surface area contributed by atoms with E-state index in [1.54, 1.807) is 0 Å². The third-order valence-electron chi connectivity index (χ3n) is 3.13. The molecule has 2 aliphatic rings. The Morgan fingerprint density at radius 2 is 1.81 bits per heavy atom. The van der Waals surface area contributed by atoms with Gasteiger partial charge in [0.15, 0.2) is 11.5 Å². The van der Waals surface area contributed by atoms with Crippen molar-refractivity contribution in [3.8, 4) is 11.5 Å². The number of hydrogen-bond donors (Lipinski definition) is 0. The molecular weight excluding hydrogens is 270 g/mol. The topological polar surface area (TPSA) is 21.7 Å². The van der Waals surface area contributed by atoms with Crippen LogP contribution in [0.3, 0.4) is 0 Å². The molecule has 16 heavy (non-hydrogen) atoms. The molecule has 3 rings (SSSR count). The Morgan fingerprint density at radius 3 is 2.56 bits per heavy atom. The highest BCUT2D eigenvalue weighted by Crippen LogP contribution is 2.37. The van der Waals surface area contributed by atoms with Crippen molar-refractivity contribution in [1.29, 1.82) is 0 Å². The first-order valence-corrected chi connectivity index (χ1v) is 6.42. The van der Waals surface area contributed by atoms with Gasteiger partial charge in [0.05, 0.1) is 0 Å². The van der Waals surface area contributed by atoms with Gasteiger partial charge in [-0.25, -0.2) is 0 Å². The van der Waals surface area contributed by atoms with Gasteiger partial charge >= 0.3 is 0 Å². The quantitative estimate of drug-likeness (QED) is 0.833. The summed E-state index contributed by atoms with van der Waals surface area (Å²) in [6, 6.07) is 4.10. The van der Waals surface area contributed by atoms with Gasteiger partial charge in [-0.1, -0.05) is 15.9 Å². The van der Waals surface area contributed by atoms with Crippen molar-refractivity contribution in [2.45, 2.75) is 19.4 Å². The molecule has 0 aromatic heterocycles. The number of fused-ring (bicyclic) bond motifs is 1. The minimum Gasteiger partial charge on any atom is -0.454 e. The lowest BCUT2D eigenvalue weighted by atomic mass is 10.2. The Hall–Kier alpha value is -0.740. The van der Waals surface area contributed by atoms with Gasteiger partial charge in [0, 0.05) is 11.0 Å². The van der Waals surface area contributed by atoms with Crippen LogP contribution in [0, 0.1) is 0 Å². The number of ether oxygens (including phenoxy) is 2. The first kappa shape index (κ1) is 10.4. The molecule has 0 N–H and O–H groups in total. The van der Waals surface area contributed by atoms with Crippen LogP contribution in [0.2, 0.25) is 0 Å². The molecule has 0 spiro atoms. The van der Waals surface area contributed by atoms with E-state index in [1.807, 2.05) is 6.07 Å². The predicted octanol–water partition coefficient (Wildman–Crippen LogP) is 2.77. The zero-order valence-electron chi connectivity index (χ0n) is 9.04. The van der Waals surface area contributed by atoms with Gasteiger partial charge in [-0.15, -0.1) is 0 Å². The summed E-state index contributed by atoms with van der Waals surface area (Å²) in [6.07, 6.45) is 2.64. The van der Waals surface area contributed by atoms with E-state index in [-0.39, 0.29) is 0 Å². The van der Waals surface area contributed by atoms with Gasteiger partial charge in [-0.2, -0.15) is 0 Å². The normalized spacial score (nSPS) is 19.3. The fourth-order valence-electron chi connectivity index (χ4n) is 2.26. The number of hydrogen-bond acceptors (Lipinski definition) is 3. The second-order valence-corrected chi connectivity index (χ2v) is 5.13. The molecule has 1 fully saturated rings. The van der Waals surface area contributed by atoms with E-state index in [4.69, 9.17) is 9.47 Å². The average Bonchev–Trinajstić information content (AvgIpc) is 2.89. The van der Waals surface area contributed by atoms with E-state index in [0.717, 1.165) is 22.5 Å². The van der Waals surface area contributed by atoms with Gasteiger partial charge in [0.25, 0.3) is 0 Å². The summed E-state index contributed by atoms with van der Waals surface area (Å²) in [6.45, 7) is 3.76. The van der Waals surface area contributed by atoms with E-state index in [0.29, 0.717) is 6.79 Å². The lowest BCUT2D eigenvalue weighted by molar-refractivity contribution is 0.174. The number of likely N-dealkylation sites (tertiary alicyclic amines) is 1. The number of rotatable bonds is 2. The van der Waals surface area contributed by atoms with Crippen LogP contribution in [-0.4, -0.2) is 24.8 Å². The smallest absolute Gasteiger partial charge is 0.231 e. The van der Waals surface area contributed by atoms with Crippen molar-refractivity contribution in [3.63, 3.8) is 0 Å².